The molecular formula is C13H18N2O. The summed E-state index contributed by atoms with van der Waals surface area (Å²) in [6, 6.07) is 6.48. The molecular weight excluding hydrogens is 200 g/mol. The molecule has 0 unspecified atom stereocenters. The van der Waals surface area contributed by atoms with Crippen LogP contribution in [0.5, 0.6) is 5.75 Å². The van der Waals surface area contributed by atoms with Gasteiger partial charge < -0.3 is 15.4 Å². The Morgan fingerprint density at radius 1 is 1.00 bits per heavy atom. The highest BCUT2D eigenvalue weighted by Crippen LogP contribution is 2.23. The third-order valence-electron chi connectivity index (χ3n) is 3.40. The second-order valence-corrected chi connectivity index (χ2v) is 4.60. The highest BCUT2D eigenvalue weighted by molar-refractivity contribution is 5.37. The molecule has 2 N–H and O–H groups in total. The minimum atomic E-state index is 0.397. The quantitative estimate of drug-likeness (QED) is 0.787. The molecule has 3 rings (SSSR count). The maximum absolute atomic E-state index is 6.01. The zero-order valence-electron chi connectivity index (χ0n) is 9.46. The Labute approximate surface area is 96.2 Å². The minimum Gasteiger partial charge on any atom is -0.490 e. The molecule has 1 saturated heterocycles. The van der Waals surface area contributed by atoms with E-state index in [1.165, 1.54) is 11.1 Å². The molecule has 3 heteroatoms. The largest absolute Gasteiger partial charge is 0.490 e. The summed E-state index contributed by atoms with van der Waals surface area (Å²) >= 11 is 0. The fourth-order valence-electron chi connectivity index (χ4n) is 2.45. The molecule has 3 nitrogen and oxygen atoms in total. The lowest BCUT2D eigenvalue weighted by molar-refractivity contribution is 0.162. The standard InChI is InChI=1S/C13H18N2O/c1-2-13(7-11-9-15-8-10(1)11)16-12-3-5-14-6-4-12/h1-2,7,12,14-15H,3-6,8-9H2. The zero-order valence-corrected chi connectivity index (χ0v) is 9.46. The summed E-state index contributed by atoms with van der Waals surface area (Å²) in [5, 5.41) is 6.71. The number of hydrogen-bond acceptors (Lipinski definition) is 3. The summed E-state index contributed by atoms with van der Waals surface area (Å²) in [7, 11) is 0. The van der Waals surface area contributed by atoms with Gasteiger partial charge in [0.25, 0.3) is 0 Å². The number of ether oxygens (including phenoxy) is 1. The van der Waals surface area contributed by atoms with Gasteiger partial charge in [-0.25, -0.2) is 0 Å². The molecule has 0 aromatic heterocycles. The second kappa shape index (κ2) is 4.44. The van der Waals surface area contributed by atoms with Crippen LogP contribution in [0.2, 0.25) is 0 Å². The van der Waals surface area contributed by atoms with Crippen molar-refractivity contribution < 1.29 is 4.74 Å². The fourth-order valence-corrected chi connectivity index (χ4v) is 2.45. The van der Waals surface area contributed by atoms with Crippen molar-refractivity contribution >= 4 is 0 Å². The van der Waals surface area contributed by atoms with Crippen molar-refractivity contribution in [3.8, 4) is 5.75 Å². The Balaban J connectivity index is 1.69. The lowest BCUT2D eigenvalue weighted by Crippen LogP contribution is -2.34. The summed E-state index contributed by atoms with van der Waals surface area (Å²) in [6.07, 6.45) is 2.64. The first-order chi connectivity index (χ1) is 7.92. The summed E-state index contributed by atoms with van der Waals surface area (Å²) in [6.45, 7) is 4.15. The third-order valence-corrected chi connectivity index (χ3v) is 3.40. The van der Waals surface area contributed by atoms with Crippen LogP contribution in [0.3, 0.4) is 0 Å². The summed E-state index contributed by atoms with van der Waals surface area (Å²) < 4.78 is 6.01. The van der Waals surface area contributed by atoms with Gasteiger partial charge in [-0.2, -0.15) is 0 Å². The van der Waals surface area contributed by atoms with E-state index in [0.717, 1.165) is 44.8 Å². The van der Waals surface area contributed by atoms with Crippen molar-refractivity contribution in [1.82, 2.24) is 10.6 Å². The molecule has 0 saturated carbocycles. The molecule has 86 valence electrons. The van der Waals surface area contributed by atoms with E-state index in [-0.39, 0.29) is 0 Å². The van der Waals surface area contributed by atoms with E-state index in [9.17, 15) is 0 Å². The van der Waals surface area contributed by atoms with E-state index >= 15 is 0 Å². The minimum absolute atomic E-state index is 0.397. The molecule has 1 aromatic carbocycles. The molecule has 0 spiro atoms. The van der Waals surface area contributed by atoms with Gasteiger partial charge in [0.15, 0.2) is 0 Å². The van der Waals surface area contributed by atoms with Crippen molar-refractivity contribution in [1.29, 1.82) is 0 Å². The smallest absolute Gasteiger partial charge is 0.120 e. The normalized spacial score (nSPS) is 20.8. The number of rotatable bonds is 2. The lowest BCUT2D eigenvalue weighted by atomic mass is 10.1. The zero-order chi connectivity index (χ0) is 10.8. The van der Waals surface area contributed by atoms with E-state index < -0.39 is 0 Å². The van der Waals surface area contributed by atoms with E-state index in [4.69, 9.17) is 4.74 Å². The number of piperidine rings is 1. The molecule has 0 amide bonds. The van der Waals surface area contributed by atoms with Crippen molar-refractivity contribution in [2.45, 2.75) is 32.0 Å². The molecule has 0 radical (unpaired) electrons. The van der Waals surface area contributed by atoms with Crippen molar-refractivity contribution in [2.75, 3.05) is 13.1 Å². The third kappa shape index (κ3) is 2.06. The molecule has 0 aliphatic carbocycles. The summed E-state index contributed by atoms with van der Waals surface area (Å²) in [5.41, 5.74) is 2.81. The maximum atomic E-state index is 6.01. The molecule has 0 bridgehead atoms. The van der Waals surface area contributed by atoms with Gasteiger partial charge in [0.1, 0.15) is 11.9 Å². The van der Waals surface area contributed by atoms with E-state index in [0.29, 0.717) is 6.10 Å². The highest BCUT2D eigenvalue weighted by atomic mass is 16.5. The fraction of sp³-hybridized carbons (Fsp3) is 0.538. The van der Waals surface area contributed by atoms with Crippen LogP contribution in [0.25, 0.3) is 0 Å². The maximum Gasteiger partial charge on any atom is 0.120 e. The van der Waals surface area contributed by atoms with Gasteiger partial charge in [-0.15, -0.1) is 0 Å². The lowest BCUT2D eigenvalue weighted by Gasteiger charge is -2.24. The van der Waals surface area contributed by atoms with Crippen LogP contribution in [-0.2, 0) is 13.1 Å². The van der Waals surface area contributed by atoms with Crippen molar-refractivity contribution in [2.24, 2.45) is 0 Å². The Morgan fingerprint density at radius 3 is 2.69 bits per heavy atom. The number of benzene rings is 1. The topological polar surface area (TPSA) is 33.3 Å². The Hall–Kier alpha value is -1.06. The van der Waals surface area contributed by atoms with Crippen LogP contribution in [0.15, 0.2) is 18.2 Å². The van der Waals surface area contributed by atoms with Crippen LogP contribution in [-0.4, -0.2) is 19.2 Å². The van der Waals surface area contributed by atoms with E-state index in [2.05, 4.69) is 28.8 Å². The average molecular weight is 218 g/mol. The monoisotopic (exact) mass is 218 g/mol. The van der Waals surface area contributed by atoms with Gasteiger partial charge in [0.05, 0.1) is 0 Å². The van der Waals surface area contributed by atoms with Crippen LogP contribution in [0.4, 0.5) is 0 Å². The molecule has 1 fully saturated rings. The predicted molar refractivity (Wildman–Crippen MR) is 63.5 cm³/mol. The van der Waals surface area contributed by atoms with E-state index in [1.54, 1.807) is 0 Å². The van der Waals surface area contributed by atoms with Crippen molar-refractivity contribution in [3.63, 3.8) is 0 Å². The molecule has 2 aliphatic rings. The number of hydrogen-bond donors (Lipinski definition) is 2. The number of nitrogens with one attached hydrogen (secondary N) is 2. The molecule has 2 heterocycles. The molecule has 1 aromatic rings. The predicted octanol–water partition coefficient (Wildman–Crippen LogP) is 1.42. The van der Waals surface area contributed by atoms with E-state index in [1.807, 2.05) is 0 Å². The van der Waals surface area contributed by atoms with Gasteiger partial charge in [-0.1, -0.05) is 6.07 Å². The van der Waals surface area contributed by atoms with Gasteiger partial charge >= 0.3 is 0 Å². The first-order valence-electron chi connectivity index (χ1n) is 6.12. The Kier molecular flexibility index (Phi) is 2.80. The Morgan fingerprint density at radius 2 is 1.81 bits per heavy atom. The summed E-state index contributed by atoms with van der Waals surface area (Å²) in [5.74, 6) is 1.04. The van der Waals surface area contributed by atoms with Crippen LogP contribution in [0, 0.1) is 0 Å². The van der Waals surface area contributed by atoms with Gasteiger partial charge in [-0.05, 0) is 49.2 Å². The van der Waals surface area contributed by atoms with Crippen molar-refractivity contribution in [3.05, 3.63) is 29.3 Å². The average Bonchev–Trinajstić information content (AvgIpc) is 2.77. The van der Waals surface area contributed by atoms with Crippen LogP contribution in [0.1, 0.15) is 24.0 Å². The van der Waals surface area contributed by atoms with Crippen LogP contribution >= 0.6 is 0 Å². The molecule has 2 aliphatic heterocycles. The van der Waals surface area contributed by atoms with Crippen LogP contribution < -0.4 is 15.4 Å². The second-order valence-electron chi connectivity index (χ2n) is 4.60. The molecule has 0 atom stereocenters. The van der Waals surface area contributed by atoms with Gasteiger partial charge in [0, 0.05) is 13.1 Å². The van der Waals surface area contributed by atoms with Gasteiger partial charge in [-0.3, -0.25) is 0 Å². The SMILES string of the molecule is c1cc2c(cc1OC1CCNCC1)CNC2. The number of fused-ring (bicyclic) bond motifs is 1. The summed E-state index contributed by atoms with van der Waals surface area (Å²) in [4.78, 5) is 0. The first kappa shape index (κ1) is 10.1. The first-order valence-corrected chi connectivity index (χ1v) is 6.12. The van der Waals surface area contributed by atoms with Gasteiger partial charge in [0.2, 0.25) is 0 Å². The molecule has 16 heavy (non-hydrogen) atoms. The highest BCUT2D eigenvalue weighted by Gasteiger charge is 2.16. The Bertz CT molecular complexity index is 372.